The summed E-state index contributed by atoms with van der Waals surface area (Å²) in [5.41, 5.74) is 0. The van der Waals surface area contributed by atoms with Crippen molar-refractivity contribution < 1.29 is 9.30 Å². The molecule has 0 aliphatic heterocycles. The van der Waals surface area contributed by atoms with Gasteiger partial charge in [-0.15, -0.1) is 0 Å². The third-order valence-electron chi connectivity index (χ3n) is 2.04. The first kappa shape index (κ1) is 10.3. The first-order valence-electron chi connectivity index (χ1n) is 4.90. The molecule has 3 nitrogen and oxygen atoms in total. The second kappa shape index (κ2) is 5.75. The molecule has 0 saturated carbocycles. The van der Waals surface area contributed by atoms with Gasteiger partial charge in [-0.3, -0.25) is 0 Å². The van der Waals surface area contributed by atoms with Crippen LogP contribution in [0.1, 0.15) is 26.2 Å². The van der Waals surface area contributed by atoms with Gasteiger partial charge in [-0.05, 0) is 12.8 Å². The molecule has 1 rings (SSSR count). The van der Waals surface area contributed by atoms with Crippen molar-refractivity contribution in [1.82, 2.24) is 4.57 Å². The van der Waals surface area contributed by atoms with Crippen LogP contribution in [0.5, 0.6) is 0 Å². The third-order valence-corrected chi connectivity index (χ3v) is 2.04. The van der Waals surface area contributed by atoms with E-state index in [1.165, 1.54) is 19.3 Å². The summed E-state index contributed by atoms with van der Waals surface area (Å²) >= 11 is 0. The minimum Gasteiger partial charge on any atom is -0.345 e. The van der Waals surface area contributed by atoms with Crippen molar-refractivity contribution in [2.75, 3.05) is 7.11 Å². The van der Waals surface area contributed by atoms with Gasteiger partial charge >= 0.3 is 0 Å². The van der Waals surface area contributed by atoms with Gasteiger partial charge in [0.05, 0.1) is 6.54 Å². The van der Waals surface area contributed by atoms with E-state index in [-0.39, 0.29) is 0 Å². The first-order chi connectivity index (χ1) is 6.36. The van der Waals surface area contributed by atoms with E-state index in [0.717, 1.165) is 6.54 Å². The van der Waals surface area contributed by atoms with E-state index in [9.17, 15) is 0 Å². The lowest BCUT2D eigenvalue weighted by Crippen LogP contribution is -2.31. The number of unbranched alkanes of at least 4 members (excludes halogenated alkanes) is 2. The molecule has 0 bridgehead atoms. The predicted molar refractivity (Wildman–Crippen MR) is 51.2 cm³/mol. The van der Waals surface area contributed by atoms with E-state index in [1.54, 1.807) is 7.11 Å². The Labute approximate surface area is 79.9 Å². The van der Waals surface area contributed by atoms with Crippen LogP contribution in [0.25, 0.3) is 0 Å². The van der Waals surface area contributed by atoms with Crippen LogP contribution in [0.15, 0.2) is 18.7 Å². The predicted octanol–water partition coefficient (Wildman–Crippen LogP) is 1.57. The maximum absolute atomic E-state index is 5.02. The molecule has 0 atom stereocenters. The van der Waals surface area contributed by atoms with Gasteiger partial charge in [0.25, 0.3) is 0 Å². The van der Waals surface area contributed by atoms with Crippen LogP contribution < -0.4 is 4.57 Å². The van der Waals surface area contributed by atoms with E-state index in [2.05, 4.69) is 24.0 Å². The van der Waals surface area contributed by atoms with Gasteiger partial charge in [0.1, 0.15) is 12.4 Å². The molecule has 0 amide bonds. The topological polar surface area (TPSA) is 18.0 Å². The van der Waals surface area contributed by atoms with E-state index >= 15 is 0 Å². The molecule has 0 saturated heterocycles. The van der Waals surface area contributed by atoms with Gasteiger partial charge in [0.2, 0.25) is 6.33 Å². The van der Waals surface area contributed by atoms with E-state index in [0.29, 0.717) is 6.73 Å². The molecule has 0 aliphatic carbocycles. The molecule has 74 valence electrons. The highest BCUT2D eigenvalue weighted by Gasteiger charge is 2.01. The second-order valence-corrected chi connectivity index (χ2v) is 3.29. The lowest BCUT2D eigenvalue weighted by molar-refractivity contribution is -0.730. The Morgan fingerprint density at radius 3 is 2.92 bits per heavy atom. The Morgan fingerprint density at radius 1 is 1.38 bits per heavy atom. The average Bonchev–Trinajstić information content (AvgIpc) is 2.54. The normalized spacial score (nSPS) is 10.6. The number of aryl methyl sites for hydroxylation is 1. The molecular weight excluding hydrogens is 164 g/mol. The highest BCUT2D eigenvalue weighted by atomic mass is 16.5. The number of hydrogen-bond acceptors (Lipinski definition) is 1. The molecule has 1 aromatic heterocycles. The lowest BCUT2D eigenvalue weighted by atomic mass is 10.2. The Kier molecular flexibility index (Phi) is 4.54. The molecule has 0 aromatic carbocycles. The zero-order valence-electron chi connectivity index (χ0n) is 8.57. The summed E-state index contributed by atoms with van der Waals surface area (Å²) in [5.74, 6) is 0. The fourth-order valence-corrected chi connectivity index (χ4v) is 1.34. The van der Waals surface area contributed by atoms with Crippen LogP contribution in [0.3, 0.4) is 0 Å². The molecule has 0 unspecified atom stereocenters. The largest absolute Gasteiger partial charge is 0.345 e. The average molecular weight is 183 g/mol. The molecule has 0 radical (unpaired) electrons. The maximum Gasteiger partial charge on any atom is 0.245 e. The minimum atomic E-state index is 0.640. The van der Waals surface area contributed by atoms with E-state index in [1.807, 2.05) is 10.8 Å². The van der Waals surface area contributed by atoms with Crippen molar-refractivity contribution in [3.8, 4) is 0 Å². The Hall–Kier alpha value is -0.830. The van der Waals surface area contributed by atoms with E-state index in [4.69, 9.17) is 4.74 Å². The van der Waals surface area contributed by atoms with Crippen LogP contribution in [-0.4, -0.2) is 11.7 Å². The monoisotopic (exact) mass is 183 g/mol. The molecule has 0 N–H and O–H groups in total. The standard InChI is InChI=1S/C10H19N2O/c1-3-4-5-6-11-7-8-12(9-11)10-13-2/h7-9H,3-6,10H2,1-2H3/q+1. The smallest absolute Gasteiger partial charge is 0.245 e. The van der Waals surface area contributed by atoms with Crippen molar-refractivity contribution in [2.24, 2.45) is 0 Å². The number of aromatic nitrogens is 2. The highest BCUT2D eigenvalue weighted by Crippen LogP contribution is 1.97. The number of methoxy groups -OCH3 is 1. The summed E-state index contributed by atoms with van der Waals surface area (Å²) in [4.78, 5) is 0. The molecule has 0 fully saturated rings. The van der Waals surface area contributed by atoms with Crippen LogP contribution in [0, 0.1) is 0 Å². The quantitative estimate of drug-likeness (QED) is 0.483. The van der Waals surface area contributed by atoms with Crippen molar-refractivity contribution in [1.29, 1.82) is 0 Å². The van der Waals surface area contributed by atoms with Crippen LogP contribution in [-0.2, 0) is 18.0 Å². The number of imidazole rings is 1. The number of ether oxygens (including phenoxy) is 1. The number of nitrogens with zero attached hydrogens (tertiary/aromatic N) is 2. The molecule has 0 spiro atoms. The molecule has 13 heavy (non-hydrogen) atoms. The minimum absolute atomic E-state index is 0.640. The lowest BCUT2D eigenvalue weighted by Gasteiger charge is -1.94. The van der Waals surface area contributed by atoms with Gasteiger partial charge < -0.3 is 4.74 Å². The Morgan fingerprint density at radius 2 is 2.23 bits per heavy atom. The van der Waals surface area contributed by atoms with Gasteiger partial charge in [0.15, 0.2) is 6.73 Å². The number of rotatable bonds is 6. The molecule has 1 heterocycles. The summed E-state index contributed by atoms with van der Waals surface area (Å²) in [5, 5.41) is 0. The summed E-state index contributed by atoms with van der Waals surface area (Å²) in [6.07, 6.45) is 10.1. The Bertz CT molecular complexity index is 233. The van der Waals surface area contributed by atoms with Crippen LogP contribution in [0.2, 0.25) is 0 Å². The molecule has 0 aliphatic rings. The van der Waals surface area contributed by atoms with E-state index < -0.39 is 0 Å². The summed E-state index contributed by atoms with van der Waals surface area (Å²) in [7, 11) is 1.71. The van der Waals surface area contributed by atoms with Crippen LogP contribution in [0.4, 0.5) is 0 Å². The Balaban J connectivity index is 2.31. The van der Waals surface area contributed by atoms with Crippen LogP contribution >= 0.6 is 0 Å². The second-order valence-electron chi connectivity index (χ2n) is 3.29. The van der Waals surface area contributed by atoms with Crippen molar-refractivity contribution >= 4 is 0 Å². The number of hydrogen-bond donors (Lipinski definition) is 0. The third kappa shape index (κ3) is 3.59. The summed E-state index contributed by atoms with van der Waals surface area (Å²) < 4.78 is 9.25. The van der Waals surface area contributed by atoms with Gasteiger partial charge in [-0.1, -0.05) is 13.3 Å². The van der Waals surface area contributed by atoms with Crippen molar-refractivity contribution in [3.63, 3.8) is 0 Å². The fraction of sp³-hybridized carbons (Fsp3) is 0.700. The maximum atomic E-state index is 5.02. The first-order valence-corrected chi connectivity index (χ1v) is 4.90. The SMILES string of the molecule is CCCCCn1cc[n+](COC)c1. The molecule has 1 aromatic rings. The van der Waals surface area contributed by atoms with Gasteiger partial charge in [-0.25, -0.2) is 9.13 Å². The summed E-state index contributed by atoms with van der Waals surface area (Å²) in [6.45, 7) is 3.98. The molecular formula is C10H19N2O+. The zero-order chi connectivity index (χ0) is 9.52. The van der Waals surface area contributed by atoms with Gasteiger partial charge in [0, 0.05) is 7.11 Å². The highest BCUT2D eigenvalue weighted by molar-refractivity contribution is 4.65. The molecule has 3 heteroatoms. The van der Waals surface area contributed by atoms with Crippen molar-refractivity contribution in [2.45, 2.75) is 39.5 Å². The zero-order valence-corrected chi connectivity index (χ0v) is 8.57. The van der Waals surface area contributed by atoms with Gasteiger partial charge in [-0.2, -0.15) is 0 Å². The fourth-order valence-electron chi connectivity index (χ4n) is 1.34. The summed E-state index contributed by atoms with van der Waals surface area (Å²) in [6, 6.07) is 0. The van der Waals surface area contributed by atoms with Crippen molar-refractivity contribution in [3.05, 3.63) is 18.7 Å².